The second kappa shape index (κ2) is 11.4. The molecule has 0 atom stereocenters. The number of aromatic nitrogens is 1. The molecule has 0 saturated heterocycles. The molecule has 0 saturated carbocycles. The van der Waals surface area contributed by atoms with Gasteiger partial charge in [0.1, 0.15) is 0 Å². The number of amides is 2. The minimum Gasteiger partial charge on any atom is -0.375 e. The molecule has 1 aromatic carbocycles. The van der Waals surface area contributed by atoms with E-state index in [4.69, 9.17) is 4.74 Å². The molecule has 2 aromatic rings. The second-order valence-electron chi connectivity index (χ2n) is 6.64. The van der Waals surface area contributed by atoms with Gasteiger partial charge in [-0.05, 0) is 49.7 Å². The smallest absolute Gasteiger partial charge is 0.266 e. The number of ether oxygens (including phenoxy) is 1. The summed E-state index contributed by atoms with van der Waals surface area (Å²) in [6, 6.07) is 8.74. The van der Waals surface area contributed by atoms with E-state index in [1.54, 1.807) is 6.07 Å². The molecular weight excluding hydrogens is 406 g/mol. The molecule has 0 aliphatic heterocycles. The molecular formula is C21H27N3O5S. The molecule has 0 spiro atoms. The number of pyridine rings is 1. The van der Waals surface area contributed by atoms with E-state index in [2.05, 4.69) is 17.2 Å². The van der Waals surface area contributed by atoms with Crippen molar-refractivity contribution in [1.29, 1.82) is 0 Å². The highest BCUT2D eigenvalue weighted by Crippen LogP contribution is 2.15. The summed E-state index contributed by atoms with van der Waals surface area (Å²) in [5.74, 6) is -0.897. The molecule has 1 heterocycles. The Labute approximate surface area is 177 Å². The first-order chi connectivity index (χ1) is 14.4. The average Bonchev–Trinajstić information content (AvgIpc) is 2.73. The van der Waals surface area contributed by atoms with Gasteiger partial charge >= 0.3 is 0 Å². The first-order valence-corrected chi connectivity index (χ1v) is 11.3. The van der Waals surface area contributed by atoms with Gasteiger partial charge in [-0.15, -0.1) is 0 Å². The molecule has 0 fully saturated rings. The van der Waals surface area contributed by atoms with Crippen molar-refractivity contribution in [2.75, 3.05) is 11.9 Å². The Kier molecular flexibility index (Phi) is 8.94. The minimum absolute atomic E-state index is 0.0826. The third kappa shape index (κ3) is 7.23. The predicted molar refractivity (Wildman–Crippen MR) is 113 cm³/mol. The standard InChI is InChI=1S/C21H27N3O5S/c1-3-5-6-7-20(25)23-17-10-12-19(13-11-17)30(27,28)24-21(26)16-8-9-18(22-14-16)15-29-4-2/h8-14H,3-7,15H2,1-2H3,(H,23,25)(H,24,26). The van der Waals surface area contributed by atoms with Gasteiger partial charge in [0.15, 0.2) is 0 Å². The Morgan fingerprint density at radius 3 is 2.37 bits per heavy atom. The number of rotatable bonds is 11. The molecule has 0 radical (unpaired) electrons. The second-order valence-corrected chi connectivity index (χ2v) is 8.32. The number of nitrogens with one attached hydrogen (secondary N) is 2. The number of hydrogen-bond donors (Lipinski definition) is 2. The first-order valence-electron chi connectivity index (χ1n) is 9.85. The Morgan fingerprint density at radius 2 is 1.77 bits per heavy atom. The zero-order valence-corrected chi connectivity index (χ0v) is 18.0. The van der Waals surface area contributed by atoms with E-state index in [1.807, 2.05) is 11.6 Å². The van der Waals surface area contributed by atoms with Crippen LogP contribution in [-0.4, -0.2) is 31.8 Å². The van der Waals surface area contributed by atoms with Crippen LogP contribution in [0.15, 0.2) is 47.5 Å². The molecule has 0 unspecified atom stereocenters. The lowest BCUT2D eigenvalue weighted by Gasteiger charge is -2.09. The molecule has 162 valence electrons. The fourth-order valence-electron chi connectivity index (χ4n) is 2.57. The van der Waals surface area contributed by atoms with Crippen LogP contribution in [0, 0.1) is 0 Å². The van der Waals surface area contributed by atoms with Gasteiger partial charge in [-0.1, -0.05) is 19.8 Å². The van der Waals surface area contributed by atoms with Crippen molar-refractivity contribution in [2.24, 2.45) is 0 Å². The molecule has 2 N–H and O–H groups in total. The van der Waals surface area contributed by atoms with Crippen LogP contribution in [0.5, 0.6) is 0 Å². The number of carbonyl (C=O) groups is 2. The van der Waals surface area contributed by atoms with Gasteiger partial charge in [-0.2, -0.15) is 0 Å². The number of benzene rings is 1. The molecule has 0 aliphatic rings. The Morgan fingerprint density at radius 1 is 1.03 bits per heavy atom. The predicted octanol–water partition coefficient (Wildman–Crippen LogP) is 3.26. The van der Waals surface area contributed by atoms with E-state index in [1.165, 1.54) is 36.5 Å². The monoisotopic (exact) mass is 433 g/mol. The van der Waals surface area contributed by atoms with Gasteiger partial charge in [0.25, 0.3) is 15.9 Å². The lowest BCUT2D eigenvalue weighted by molar-refractivity contribution is -0.116. The van der Waals surface area contributed by atoms with Crippen LogP contribution < -0.4 is 10.0 Å². The average molecular weight is 434 g/mol. The molecule has 8 nitrogen and oxygen atoms in total. The van der Waals surface area contributed by atoms with E-state index >= 15 is 0 Å². The van der Waals surface area contributed by atoms with Gasteiger partial charge in [-0.25, -0.2) is 13.1 Å². The highest BCUT2D eigenvalue weighted by molar-refractivity contribution is 7.90. The number of carbonyl (C=O) groups excluding carboxylic acids is 2. The molecule has 0 bridgehead atoms. The highest BCUT2D eigenvalue weighted by atomic mass is 32.2. The summed E-state index contributed by atoms with van der Waals surface area (Å²) in [6.07, 6.45) is 4.54. The quantitative estimate of drug-likeness (QED) is 0.526. The fraction of sp³-hybridized carbons (Fsp3) is 0.381. The number of nitrogens with zero attached hydrogens (tertiary/aromatic N) is 1. The van der Waals surface area contributed by atoms with E-state index in [0.29, 0.717) is 31.0 Å². The van der Waals surface area contributed by atoms with Crippen LogP contribution in [0.4, 0.5) is 5.69 Å². The van der Waals surface area contributed by atoms with Gasteiger partial charge in [-0.3, -0.25) is 14.6 Å². The topological polar surface area (TPSA) is 114 Å². The highest BCUT2D eigenvalue weighted by Gasteiger charge is 2.19. The van der Waals surface area contributed by atoms with Crippen molar-refractivity contribution >= 4 is 27.5 Å². The molecule has 9 heteroatoms. The molecule has 2 amide bonds. The summed E-state index contributed by atoms with van der Waals surface area (Å²) in [5, 5.41) is 2.73. The van der Waals surface area contributed by atoms with E-state index in [-0.39, 0.29) is 16.4 Å². The van der Waals surface area contributed by atoms with Gasteiger partial charge in [0.2, 0.25) is 5.91 Å². The molecule has 1 aromatic heterocycles. The van der Waals surface area contributed by atoms with Crippen LogP contribution in [-0.2, 0) is 26.2 Å². The maximum Gasteiger partial charge on any atom is 0.266 e. The van der Waals surface area contributed by atoms with Crippen molar-refractivity contribution in [3.8, 4) is 0 Å². The summed E-state index contributed by atoms with van der Waals surface area (Å²) in [5.41, 5.74) is 1.26. The van der Waals surface area contributed by atoms with Gasteiger partial charge < -0.3 is 10.1 Å². The maximum absolute atomic E-state index is 12.5. The van der Waals surface area contributed by atoms with Gasteiger partial charge in [0, 0.05) is 24.9 Å². The lowest BCUT2D eigenvalue weighted by atomic mass is 10.2. The number of hydrogen-bond acceptors (Lipinski definition) is 6. The SMILES string of the molecule is CCCCCC(=O)Nc1ccc(S(=O)(=O)NC(=O)c2ccc(COCC)nc2)cc1. The van der Waals surface area contributed by atoms with E-state index < -0.39 is 15.9 Å². The van der Waals surface area contributed by atoms with Crippen molar-refractivity contribution in [1.82, 2.24) is 9.71 Å². The largest absolute Gasteiger partial charge is 0.375 e. The van der Waals surface area contributed by atoms with Crippen LogP contribution in [0.25, 0.3) is 0 Å². The van der Waals surface area contributed by atoms with Crippen LogP contribution in [0.1, 0.15) is 55.6 Å². The maximum atomic E-state index is 12.5. The van der Waals surface area contributed by atoms with Crippen molar-refractivity contribution < 1.29 is 22.7 Å². The third-order valence-electron chi connectivity index (χ3n) is 4.22. The third-order valence-corrected chi connectivity index (χ3v) is 5.57. The first kappa shape index (κ1) is 23.5. The van der Waals surface area contributed by atoms with Crippen LogP contribution >= 0.6 is 0 Å². The summed E-state index contributed by atoms with van der Waals surface area (Å²) >= 11 is 0. The Hall–Kier alpha value is -2.78. The van der Waals surface area contributed by atoms with Crippen molar-refractivity contribution in [2.45, 2.75) is 51.0 Å². The van der Waals surface area contributed by atoms with E-state index in [0.717, 1.165) is 19.3 Å². The molecule has 2 rings (SSSR count). The molecule has 0 aliphatic carbocycles. The van der Waals surface area contributed by atoms with Crippen LogP contribution in [0.2, 0.25) is 0 Å². The minimum atomic E-state index is -4.06. The number of unbranched alkanes of at least 4 members (excludes halogenated alkanes) is 2. The number of anilines is 1. The Balaban J connectivity index is 1.97. The summed E-state index contributed by atoms with van der Waals surface area (Å²) in [4.78, 5) is 28.1. The Bertz CT molecular complexity index is 942. The number of sulfonamides is 1. The zero-order valence-electron chi connectivity index (χ0n) is 17.2. The van der Waals surface area contributed by atoms with E-state index in [9.17, 15) is 18.0 Å². The summed E-state index contributed by atoms with van der Waals surface area (Å²) < 4.78 is 32.2. The van der Waals surface area contributed by atoms with Crippen LogP contribution in [0.3, 0.4) is 0 Å². The van der Waals surface area contributed by atoms with Crippen molar-refractivity contribution in [3.05, 3.63) is 53.9 Å². The normalized spacial score (nSPS) is 11.1. The van der Waals surface area contributed by atoms with Crippen molar-refractivity contribution in [3.63, 3.8) is 0 Å². The van der Waals surface area contributed by atoms with Gasteiger partial charge in [0.05, 0.1) is 22.8 Å². The lowest BCUT2D eigenvalue weighted by Crippen LogP contribution is -2.30. The summed E-state index contributed by atoms with van der Waals surface area (Å²) in [6.45, 7) is 4.78. The zero-order chi connectivity index (χ0) is 22.0. The summed E-state index contributed by atoms with van der Waals surface area (Å²) in [7, 11) is -4.06. The fourth-order valence-corrected chi connectivity index (χ4v) is 3.54. The molecule has 30 heavy (non-hydrogen) atoms.